The molecule has 1 atom stereocenters. The van der Waals surface area contributed by atoms with E-state index in [-0.39, 0.29) is 5.78 Å². The van der Waals surface area contributed by atoms with Gasteiger partial charge in [0.05, 0.1) is 10.6 Å². The van der Waals surface area contributed by atoms with Crippen LogP contribution in [0.25, 0.3) is 0 Å². The van der Waals surface area contributed by atoms with Gasteiger partial charge >= 0.3 is 0 Å². The molecule has 0 amide bonds. The fourth-order valence-corrected chi connectivity index (χ4v) is 3.24. The zero-order valence-electron chi connectivity index (χ0n) is 9.99. The van der Waals surface area contributed by atoms with Crippen molar-refractivity contribution in [2.24, 2.45) is 5.92 Å². The minimum Gasteiger partial charge on any atom is -0.396 e. The predicted octanol–water partition coefficient (Wildman–Crippen LogP) is 2.25. The lowest BCUT2D eigenvalue weighted by molar-refractivity contribution is 0.102. The van der Waals surface area contributed by atoms with Crippen LogP contribution in [0.4, 0.5) is 10.7 Å². The van der Waals surface area contributed by atoms with Crippen LogP contribution in [0, 0.1) is 17.2 Å². The van der Waals surface area contributed by atoms with Gasteiger partial charge in [-0.25, -0.2) is 0 Å². The molecule has 2 rings (SSSR count). The van der Waals surface area contributed by atoms with Gasteiger partial charge in [0.25, 0.3) is 0 Å². The summed E-state index contributed by atoms with van der Waals surface area (Å²) in [5, 5.41) is 10.0. The SMILES string of the molecule is CC(=O)c1sc(N2CCC(C)C2)c(C#N)c1N. The average molecular weight is 249 g/mol. The van der Waals surface area contributed by atoms with Gasteiger partial charge in [-0.05, 0) is 12.3 Å². The van der Waals surface area contributed by atoms with Crippen LogP contribution >= 0.6 is 11.3 Å². The summed E-state index contributed by atoms with van der Waals surface area (Å²) in [5.41, 5.74) is 6.67. The van der Waals surface area contributed by atoms with Crippen LogP contribution < -0.4 is 10.6 Å². The lowest BCUT2D eigenvalue weighted by Crippen LogP contribution is -2.18. The molecule has 1 saturated heterocycles. The van der Waals surface area contributed by atoms with Crippen molar-refractivity contribution in [3.05, 3.63) is 10.4 Å². The average Bonchev–Trinajstić information content (AvgIpc) is 2.82. The number of nitrogens with zero attached hydrogens (tertiary/aromatic N) is 2. The maximum absolute atomic E-state index is 11.4. The molecule has 1 aliphatic heterocycles. The van der Waals surface area contributed by atoms with Crippen LogP contribution in [0.5, 0.6) is 0 Å². The van der Waals surface area contributed by atoms with Gasteiger partial charge in [0, 0.05) is 20.0 Å². The Morgan fingerprint density at radius 1 is 1.65 bits per heavy atom. The minimum atomic E-state index is -0.0671. The van der Waals surface area contributed by atoms with Crippen LogP contribution in [0.3, 0.4) is 0 Å². The van der Waals surface area contributed by atoms with E-state index < -0.39 is 0 Å². The molecule has 0 aromatic carbocycles. The molecule has 0 aliphatic carbocycles. The molecule has 1 aromatic heterocycles. The summed E-state index contributed by atoms with van der Waals surface area (Å²) in [6.07, 6.45) is 1.12. The monoisotopic (exact) mass is 249 g/mol. The number of Topliss-reactive ketones (excluding diaryl/α,β-unsaturated/α-hetero) is 1. The number of thiophene rings is 1. The number of nitrogen functional groups attached to an aromatic ring is 1. The number of hydrogen-bond acceptors (Lipinski definition) is 5. The van der Waals surface area contributed by atoms with Crippen LogP contribution in [0.1, 0.15) is 35.5 Å². The lowest BCUT2D eigenvalue weighted by Gasteiger charge is -2.15. The fraction of sp³-hybridized carbons (Fsp3) is 0.500. The summed E-state index contributed by atoms with van der Waals surface area (Å²) in [4.78, 5) is 14.1. The van der Waals surface area contributed by atoms with Gasteiger partial charge in [-0.2, -0.15) is 5.26 Å². The first-order valence-corrected chi connectivity index (χ1v) is 6.44. The molecule has 4 nitrogen and oxygen atoms in total. The van der Waals surface area contributed by atoms with E-state index in [2.05, 4.69) is 17.9 Å². The van der Waals surface area contributed by atoms with E-state index in [4.69, 9.17) is 11.0 Å². The summed E-state index contributed by atoms with van der Waals surface area (Å²) in [7, 11) is 0. The number of rotatable bonds is 2. The van der Waals surface area contributed by atoms with E-state index in [1.807, 2.05) is 0 Å². The molecule has 1 aromatic rings. The number of nitrogens with two attached hydrogens (primary N) is 1. The molecule has 2 N–H and O–H groups in total. The normalized spacial score (nSPS) is 19.4. The maximum atomic E-state index is 11.4. The summed E-state index contributed by atoms with van der Waals surface area (Å²) < 4.78 is 0. The number of carbonyl (C=O) groups excluding carboxylic acids is 1. The van der Waals surface area contributed by atoms with Gasteiger partial charge < -0.3 is 10.6 Å². The smallest absolute Gasteiger partial charge is 0.171 e. The lowest BCUT2D eigenvalue weighted by atomic mass is 10.2. The number of hydrogen-bond donors (Lipinski definition) is 1. The predicted molar refractivity (Wildman–Crippen MR) is 69.4 cm³/mol. The third-order valence-corrected chi connectivity index (χ3v) is 4.44. The van der Waals surface area contributed by atoms with Gasteiger partial charge in [-0.3, -0.25) is 4.79 Å². The third kappa shape index (κ3) is 2.01. The zero-order chi connectivity index (χ0) is 12.6. The van der Waals surface area contributed by atoms with Gasteiger partial charge in [0.2, 0.25) is 0 Å². The highest BCUT2D eigenvalue weighted by molar-refractivity contribution is 7.19. The van der Waals surface area contributed by atoms with Crippen molar-refractivity contribution in [3.63, 3.8) is 0 Å². The van der Waals surface area contributed by atoms with Crippen LogP contribution in [0.15, 0.2) is 0 Å². The van der Waals surface area contributed by atoms with E-state index >= 15 is 0 Å². The van der Waals surface area contributed by atoms with Crippen molar-refractivity contribution in [2.75, 3.05) is 23.7 Å². The molecule has 17 heavy (non-hydrogen) atoms. The largest absolute Gasteiger partial charge is 0.396 e. The second-order valence-electron chi connectivity index (χ2n) is 4.53. The molecule has 0 bridgehead atoms. The highest BCUT2D eigenvalue weighted by Crippen LogP contribution is 2.39. The van der Waals surface area contributed by atoms with E-state index in [0.29, 0.717) is 22.0 Å². The molecule has 0 saturated carbocycles. The molecule has 1 fully saturated rings. The Bertz CT molecular complexity index is 501. The maximum Gasteiger partial charge on any atom is 0.171 e. The Hall–Kier alpha value is -1.54. The minimum absolute atomic E-state index is 0.0671. The van der Waals surface area contributed by atoms with Crippen molar-refractivity contribution in [2.45, 2.75) is 20.3 Å². The van der Waals surface area contributed by atoms with E-state index in [1.54, 1.807) is 0 Å². The molecular weight excluding hydrogens is 234 g/mol. The van der Waals surface area contributed by atoms with Gasteiger partial charge in [0.15, 0.2) is 5.78 Å². The summed E-state index contributed by atoms with van der Waals surface area (Å²) in [5.74, 6) is 0.563. The zero-order valence-corrected chi connectivity index (χ0v) is 10.8. The highest BCUT2D eigenvalue weighted by atomic mass is 32.1. The Morgan fingerprint density at radius 3 is 2.82 bits per heavy atom. The van der Waals surface area contributed by atoms with Gasteiger partial charge in [-0.15, -0.1) is 11.3 Å². The fourth-order valence-electron chi connectivity index (χ4n) is 2.14. The van der Waals surface area contributed by atoms with E-state index in [0.717, 1.165) is 24.5 Å². The second kappa shape index (κ2) is 4.38. The Morgan fingerprint density at radius 2 is 2.35 bits per heavy atom. The number of ketones is 1. The number of nitriles is 1. The van der Waals surface area contributed by atoms with Crippen molar-refractivity contribution < 1.29 is 4.79 Å². The summed E-state index contributed by atoms with van der Waals surface area (Å²) >= 11 is 1.35. The van der Waals surface area contributed by atoms with Crippen LogP contribution in [-0.4, -0.2) is 18.9 Å². The Balaban J connectivity index is 2.44. The second-order valence-corrected chi connectivity index (χ2v) is 5.53. The van der Waals surface area contributed by atoms with Crippen LogP contribution in [-0.2, 0) is 0 Å². The molecular formula is C12H15N3OS. The Kier molecular flexibility index (Phi) is 3.07. The van der Waals surface area contributed by atoms with E-state index in [9.17, 15) is 4.79 Å². The van der Waals surface area contributed by atoms with Crippen LogP contribution in [0.2, 0.25) is 0 Å². The quantitative estimate of drug-likeness (QED) is 0.816. The molecule has 1 unspecified atom stereocenters. The molecule has 90 valence electrons. The van der Waals surface area contributed by atoms with E-state index in [1.165, 1.54) is 18.3 Å². The molecule has 0 spiro atoms. The van der Waals surface area contributed by atoms with Gasteiger partial charge in [-0.1, -0.05) is 6.92 Å². The molecule has 5 heteroatoms. The highest BCUT2D eigenvalue weighted by Gasteiger charge is 2.26. The topological polar surface area (TPSA) is 70.1 Å². The standard InChI is InChI=1S/C12H15N3OS/c1-7-3-4-15(6-7)12-9(5-13)10(14)11(17-12)8(2)16/h7H,3-4,6,14H2,1-2H3. The Labute approximate surface area is 105 Å². The van der Waals surface area contributed by atoms with Crippen molar-refractivity contribution in [1.29, 1.82) is 5.26 Å². The van der Waals surface area contributed by atoms with Crippen molar-refractivity contribution >= 4 is 27.8 Å². The summed E-state index contributed by atoms with van der Waals surface area (Å²) in [6, 6.07) is 2.12. The molecule has 2 heterocycles. The summed E-state index contributed by atoms with van der Waals surface area (Å²) in [6.45, 7) is 5.55. The first kappa shape index (κ1) is 11.9. The first-order valence-electron chi connectivity index (χ1n) is 5.62. The first-order chi connectivity index (χ1) is 8.04. The number of anilines is 2. The van der Waals surface area contributed by atoms with Crippen molar-refractivity contribution in [3.8, 4) is 6.07 Å². The third-order valence-electron chi connectivity index (χ3n) is 3.07. The van der Waals surface area contributed by atoms with Gasteiger partial charge in [0.1, 0.15) is 16.6 Å². The molecule has 1 aliphatic rings. The molecule has 0 radical (unpaired) electrons. The van der Waals surface area contributed by atoms with Crippen molar-refractivity contribution in [1.82, 2.24) is 0 Å². The number of carbonyl (C=O) groups is 1.